The molecule has 0 aromatic heterocycles. The largest absolute Gasteiger partial charge is 0.319 e. The first-order valence-corrected chi connectivity index (χ1v) is 4.31. The van der Waals surface area contributed by atoms with Crippen LogP contribution in [-0.2, 0) is 0 Å². The van der Waals surface area contributed by atoms with Crippen LogP contribution >= 0.6 is 0 Å². The average molecular weight is 141 g/mol. The maximum absolute atomic E-state index is 3.27. The lowest BCUT2D eigenvalue weighted by Gasteiger charge is -2.22. The highest BCUT2D eigenvalue weighted by atomic mass is 14.8. The lowest BCUT2D eigenvalue weighted by Crippen LogP contribution is -2.26. The van der Waals surface area contributed by atoms with Crippen molar-refractivity contribution < 1.29 is 0 Å². The molecular weight excluding hydrogens is 122 g/mol. The van der Waals surface area contributed by atoms with Crippen LogP contribution < -0.4 is 5.32 Å². The fraction of sp³-hybridized carbons (Fsp3) is 1.00. The maximum atomic E-state index is 3.27. The van der Waals surface area contributed by atoms with E-state index in [0.29, 0.717) is 5.41 Å². The van der Waals surface area contributed by atoms with Crippen molar-refractivity contribution in [2.24, 2.45) is 11.3 Å². The Balaban J connectivity index is 2.38. The fourth-order valence-electron chi connectivity index (χ4n) is 2.23. The predicted molar refractivity (Wildman–Crippen MR) is 45.0 cm³/mol. The van der Waals surface area contributed by atoms with E-state index in [9.17, 15) is 0 Å². The Labute approximate surface area is 64.2 Å². The molecule has 0 aromatic carbocycles. The third kappa shape index (κ3) is 1.72. The Morgan fingerprint density at radius 3 is 2.70 bits per heavy atom. The highest BCUT2D eigenvalue weighted by Gasteiger charge is 2.31. The Kier molecular flexibility index (Phi) is 2.35. The second-order valence-corrected chi connectivity index (χ2v) is 4.19. The maximum Gasteiger partial charge on any atom is 0.000226 e. The molecular formula is C9H19N. The summed E-state index contributed by atoms with van der Waals surface area (Å²) in [5, 5.41) is 3.27. The quantitative estimate of drug-likeness (QED) is 0.620. The zero-order valence-electron chi connectivity index (χ0n) is 7.41. The van der Waals surface area contributed by atoms with Gasteiger partial charge >= 0.3 is 0 Å². The standard InChI is InChI=1S/C9H19N/c1-8-4-5-9(2,6-8)7-10-3/h8,10H,4-7H2,1-3H3. The summed E-state index contributed by atoms with van der Waals surface area (Å²) in [7, 11) is 2.05. The molecule has 1 fully saturated rings. The summed E-state index contributed by atoms with van der Waals surface area (Å²) in [5.41, 5.74) is 0.605. The monoisotopic (exact) mass is 141 g/mol. The molecule has 10 heavy (non-hydrogen) atoms. The fourth-order valence-corrected chi connectivity index (χ4v) is 2.23. The van der Waals surface area contributed by atoms with E-state index in [1.54, 1.807) is 0 Å². The van der Waals surface area contributed by atoms with Gasteiger partial charge in [0.1, 0.15) is 0 Å². The predicted octanol–water partition coefficient (Wildman–Crippen LogP) is 2.03. The third-order valence-electron chi connectivity index (χ3n) is 2.69. The minimum absolute atomic E-state index is 0.605. The molecule has 1 heteroatoms. The molecule has 0 spiro atoms. The van der Waals surface area contributed by atoms with E-state index in [-0.39, 0.29) is 0 Å². The topological polar surface area (TPSA) is 12.0 Å². The van der Waals surface area contributed by atoms with Gasteiger partial charge in [-0.3, -0.25) is 0 Å². The molecule has 0 aliphatic heterocycles. The van der Waals surface area contributed by atoms with Gasteiger partial charge in [-0.1, -0.05) is 20.3 Å². The van der Waals surface area contributed by atoms with Crippen molar-refractivity contribution in [2.75, 3.05) is 13.6 Å². The summed E-state index contributed by atoms with van der Waals surface area (Å²) in [6, 6.07) is 0. The Morgan fingerprint density at radius 2 is 2.30 bits per heavy atom. The molecule has 2 unspecified atom stereocenters. The summed E-state index contributed by atoms with van der Waals surface area (Å²) in [4.78, 5) is 0. The van der Waals surface area contributed by atoms with Crippen LogP contribution in [0.5, 0.6) is 0 Å². The highest BCUT2D eigenvalue weighted by molar-refractivity contribution is 4.84. The van der Waals surface area contributed by atoms with Gasteiger partial charge in [0.15, 0.2) is 0 Å². The molecule has 1 N–H and O–H groups in total. The highest BCUT2D eigenvalue weighted by Crippen LogP contribution is 2.40. The van der Waals surface area contributed by atoms with Crippen LogP contribution in [0.15, 0.2) is 0 Å². The Hall–Kier alpha value is -0.0400. The van der Waals surface area contributed by atoms with Gasteiger partial charge in [-0.05, 0) is 31.2 Å². The summed E-state index contributed by atoms with van der Waals surface area (Å²) in [5.74, 6) is 0.957. The van der Waals surface area contributed by atoms with Crippen LogP contribution in [0.25, 0.3) is 0 Å². The minimum Gasteiger partial charge on any atom is -0.319 e. The first kappa shape index (κ1) is 8.06. The van der Waals surface area contributed by atoms with E-state index in [2.05, 4.69) is 19.2 Å². The molecule has 1 rings (SSSR count). The minimum atomic E-state index is 0.605. The molecule has 0 amide bonds. The van der Waals surface area contributed by atoms with Crippen molar-refractivity contribution in [3.63, 3.8) is 0 Å². The van der Waals surface area contributed by atoms with Crippen molar-refractivity contribution in [3.8, 4) is 0 Å². The molecule has 0 saturated heterocycles. The molecule has 1 aliphatic carbocycles. The van der Waals surface area contributed by atoms with Gasteiger partial charge in [0, 0.05) is 6.54 Å². The van der Waals surface area contributed by atoms with Crippen molar-refractivity contribution in [2.45, 2.75) is 33.1 Å². The molecule has 2 atom stereocenters. The van der Waals surface area contributed by atoms with Crippen LogP contribution in [0.4, 0.5) is 0 Å². The van der Waals surface area contributed by atoms with Gasteiger partial charge in [0.2, 0.25) is 0 Å². The second kappa shape index (κ2) is 2.91. The zero-order chi connectivity index (χ0) is 7.61. The van der Waals surface area contributed by atoms with Crippen LogP contribution in [0, 0.1) is 11.3 Å². The van der Waals surface area contributed by atoms with Crippen LogP contribution in [-0.4, -0.2) is 13.6 Å². The number of nitrogens with one attached hydrogen (secondary N) is 1. The van der Waals surface area contributed by atoms with E-state index >= 15 is 0 Å². The molecule has 0 radical (unpaired) electrons. The molecule has 0 aromatic rings. The lowest BCUT2D eigenvalue weighted by atomic mass is 9.88. The van der Waals surface area contributed by atoms with Crippen molar-refractivity contribution in [1.82, 2.24) is 5.32 Å². The molecule has 0 heterocycles. The lowest BCUT2D eigenvalue weighted by molar-refractivity contribution is 0.314. The normalized spacial score (nSPS) is 40.5. The SMILES string of the molecule is CNCC1(C)CCC(C)C1. The Bertz CT molecular complexity index is 107. The first-order chi connectivity index (χ1) is 4.66. The number of hydrogen-bond donors (Lipinski definition) is 1. The van der Waals surface area contributed by atoms with Gasteiger partial charge in [-0.2, -0.15) is 0 Å². The molecule has 1 saturated carbocycles. The van der Waals surface area contributed by atoms with E-state index < -0.39 is 0 Å². The van der Waals surface area contributed by atoms with E-state index in [1.165, 1.54) is 25.8 Å². The van der Waals surface area contributed by atoms with Gasteiger partial charge in [-0.15, -0.1) is 0 Å². The molecule has 60 valence electrons. The van der Waals surface area contributed by atoms with Crippen LogP contribution in [0.2, 0.25) is 0 Å². The van der Waals surface area contributed by atoms with Crippen molar-refractivity contribution in [3.05, 3.63) is 0 Å². The summed E-state index contributed by atoms with van der Waals surface area (Å²) in [6.45, 7) is 5.95. The second-order valence-electron chi connectivity index (χ2n) is 4.19. The van der Waals surface area contributed by atoms with Gasteiger partial charge in [-0.25, -0.2) is 0 Å². The van der Waals surface area contributed by atoms with E-state index in [1.807, 2.05) is 7.05 Å². The van der Waals surface area contributed by atoms with Gasteiger partial charge in [0.05, 0.1) is 0 Å². The zero-order valence-corrected chi connectivity index (χ0v) is 7.41. The molecule has 0 bridgehead atoms. The first-order valence-electron chi connectivity index (χ1n) is 4.31. The molecule has 1 aliphatic rings. The van der Waals surface area contributed by atoms with Crippen LogP contribution in [0.1, 0.15) is 33.1 Å². The smallest absolute Gasteiger partial charge is 0.000226 e. The average Bonchev–Trinajstić information content (AvgIpc) is 2.12. The summed E-state index contributed by atoms with van der Waals surface area (Å²) < 4.78 is 0. The van der Waals surface area contributed by atoms with Crippen molar-refractivity contribution >= 4 is 0 Å². The number of hydrogen-bond acceptors (Lipinski definition) is 1. The van der Waals surface area contributed by atoms with Gasteiger partial charge < -0.3 is 5.32 Å². The number of rotatable bonds is 2. The third-order valence-corrected chi connectivity index (χ3v) is 2.69. The summed E-state index contributed by atoms with van der Waals surface area (Å²) in [6.07, 6.45) is 4.25. The summed E-state index contributed by atoms with van der Waals surface area (Å²) >= 11 is 0. The molecule has 1 nitrogen and oxygen atoms in total. The van der Waals surface area contributed by atoms with E-state index in [0.717, 1.165) is 5.92 Å². The van der Waals surface area contributed by atoms with Crippen LogP contribution in [0.3, 0.4) is 0 Å². The Morgan fingerprint density at radius 1 is 1.60 bits per heavy atom. The van der Waals surface area contributed by atoms with E-state index in [4.69, 9.17) is 0 Å². The van der Waals surface area contributed by atoms with Gasteiger partial charge in [0.25, 0.3) is 0 Å². The van der Waals surface area contributed by atoms with Crippen molar-refractivity contribution in [1.29, 1.82) is 0 Å².